The molecule has 0 aliphatic rings. The van der Waals surface area contributed by atoms with Gasteiger partial charge >= 0.3 is 6.36 Å². The second kappa shape index (κ2) is 5.59. The molecule has 0 saturated carbocycles. The van der Waals surface area contributed by atoms with Crippen LogP contribution in [0.3, 0.4) is 0 Å². The standard InChI is InChI=1S/C14H10F3N5O/c15-14(16,17)23-10-4-1-8(2-5-10)11-6-3-9(18)7-12(11)13-19-21-22-20-13/h1-7H,18H2,(H,19,20,21,22). The fourth-order valence-electron chi connectivity index (χ4n) is 2.11. The smallest absolute Gasteiger partial charge is 0.406 e. The van der Waals surface area contributed by atoms with Gasteiger partial charge in [0.1, 0.15) is 5.75 Å². The van der Waals surface area contributed by atoms with E-state index in [-0.39, 0.29) is 5.75 Å². The topological polar surface area (TPSA) is 89.7 Å². The molecular weight excluding hydrogens is 311 g/mol. The van der Waals surface area contributed by atoms with Gasteiger partial charge in [-0.2, -0.15) is 5.21 Å². The van der Waals surface area contributed by atoms with Crippen molar-refractivity contribution in [3.8, 4) is 28.3 Å². The summed E-state index contributed by atoms with van der Waals surface area (Å²) in [5.74, 6) is 0.0423. The molecule has 118 valence electrons. The van der Waals surface area contributed by atoms with Crippen molar-refractivity contribution in [1.29, 1.82) is 0 Å². The van der Waals surface area contributed by atoms with Gasteiger partial charge in [0.25, 0.3) is 0 Å². The Morgan fingerprint density at radius 1 is 1.00 bits per heavy atom. The summed E-state index contributed by atoms with van der Waals surface area (Å²) >= 11 is 0. The van der Waals surface area contributed by atoms with Crippen molar-refractivity contribution >= 4 is 5.69 Å². The number of nitrogens with one attached hydrogen (secondary N) is 1. The normalized spacial score (nSPS) is 11.4. The highest BCUT2D eigenvalue weighted by molar-refractivity contribution is 5.82. The van der Waals surface area contributed by atoms with Crippen molar-refractivity contribution in [3.05, 3.63) is 42.5 Å². The number of hydrogen-bond donors (Lipinski definition) is 2. The summed E-state index contributed by atoms with van der Waals surface area (Å²) in [5.41, 5.74) is 8.27. The van der Waals surface area contributed by atoms with E-state index < -0.39 is 6.36 Å². The third-order valence-electron chi connectivity index (χ3n) is 3.03. The van der Waals surface area contributed by atoms with Gasteiger partial charge in [-0.1, -0.05) is 18.2 Å². The quantitative estimate of drug-likeness (QED) is 0.724. The number of nitrogens with zero attached hydrogens (tertiary/aromatic N) is 3. The first kappa shape index (κ1) is 14.8. The van der Waals surface area contributed by atoms with Crippen molar-refractivity contribution in [3.63, 3.8) is 0 Å². The van der Waals surface area contributed by atoms with E-state index in [1.54, 1.807) is 18.2 Å². The molecule has 0 saturated heterocycles. The maximum absolute atomic E-state index is 12.2. The van der Waals surface area contributed by atoms with Crippen LogP contribution >= 0.6 is 0 Å². The van der Waals surface area contributed by atoms with Crippen LogP contribution in [0.2, 0.25) is 0 Å². The summed E-state index contributed by atoms with van der Waals surface area (Å²) < 4.78 is 40.4. The van der Waals surface area contributed by atoms with Gasteiger partial charge in [-0.3, -0.25) is 0 Å². The van der Waals surface area contributed by atoms with Crippen LogP contribution in [0, 0.1) is 0 Å². The first-order valence-corrected chi connectivity index (χ1v) is 6.42. The lowest BCUT2D eigenvalue weighted by Gasteiger charge is -2.11. The second-order valence-electron chi connectivity index (χ2n) is 4.61. The zero-order chi connectivity index (χ0) is 16.4. The van der Waals surface area contributed by atoms with Crippen LogP contribution in [0.25, 0.3) is 22.5 Å². The van der Waals surface area contributed by atoms with Gasteiger partial charge in [-0.15, -0.1) is 23.4 Å². The first-order chi connectivity index (χ1) is 10.9. The molecule has 0 atom stereocenters. The Bertz CT molecular complexity index is 800. The maximum Gasteiger partial charge on any atom is 0.573 e. The lowest BCUT2D eigenvalue weighted by molar-refractivity contribution is -0.274. The van der Waals surface area contributed by atoms with Crippen molar-refractivity contribution in [1.82, 2.24) is 20.6 Å². The third kappa shape index (κ3) is 3.39. The van der Waals surface area contributed by atoms with Crippen molar-refractivity contribution in [2.45, 2.75) is 6.36 Å². The Morgan fingerprint density at radius 3 is 2.35 bits per heavy atom. The Morgan fingerprint density at radius 2 is 1.74 bits per heavy atom. The number of rotatable bonds is 3. The number of tetrazole rings is 1. The zero-order valence-corrected chi connectivity index (χ0v) is 11.5. The van der Waals surface area contributed by atoms with Gasteiger partial charge < -0.3 is 10.5 Å². The fourth-order valence-corrected chi connectivity index (χ4v) is 2.11. The molecule has 0 fully saturated rings. The molecule has 2 aromatic carbocycles. The molecule has 0 aliphatic heterocycles. The SMILES string of the molecule is Nc1ccc(-c2ccc(OC(F)(F)F)cc2)c(-c2nn[nH]n2)c1. The summed E-state index contributed by atoms with van der Waals surface area (Å²) in [5, 5.41) is 13.6. The molecule has 1 aromatic heterocycles. The molecule has 1 heterocycles. The number of anilines is 1. The van der Waals surface area contributed by atoms with Gasteiger partial charge in [0.15, 0.2) is 0 Å². The monoisotopic (exact) mass is 321 g/mol. The van der Waals surface area contributed by atoms with E-state index in [0.29, 0.717) is 28.2 Å². The molecule has 3 N–H and O–H groups in total. The average Bonchev–Trinajstić information content (AvgIpc) is 3.01. The van der Waals surface area contributed by atoms with E-state index >= 15 is 0 Å². The molecule has 0 radical (unpaired) electrons. The van der Waals surface area contributed by atoms with Crippen LogP contribution in [0.5, 0.6) is 5.75 Å². The van der Waals surface area contributed by atoms with Crippen molar-refractivity contribution in [2.75, 3.05) is 5.73 Å². The van der Waals surface area contributed by atoms with Gasteiger partial charge in [-0.25, -0.2) is 0 Å². The number of nitrogen functional groups attached to an aromatic ring is 1. The number of alkyl halides is 3. The number of ether oxygens (including phenoxy) is 1. The van der Waals surface area contributed by atoms with E-state index in [1.807, 2.05) is 0 Å². The summed E-state index contributed by atoms with van der Waals surface area (Å²) in [6, 6.07) is 10.6. The molecule has 0 amide bonds. The summed E-state index contributed by atoms with van der Waals surface area (Å²) in [6.45, 7) is 0. The van der Waals surface area contributed by atoms with Crippen LogP contribution in [-0.2, 0) is 0 Å². The van der Waals surface area contributed by atoms with Crippen LogP contribution in [0.1, 0.15) is 0 Å². The largest absolute Gasteiger partial charge is 0.573 e. The van der Waals surface area contributed by atoms with Crippen LogP contribution < -0.4 is 10.5 Å². The minimum absolute atomic E-state index is 0.294. The zero-order valence-electron chi connectivity index (χ0n) is 11.5. The van der Waals surface area contributed by atoms with Crippen molar-refractivity contribution < 1.29 is 17.9 Å². The fraction of sp³-hybridized carbons (Fsp3) is 0.0714. The summed E-state index contributed by atoms with van der Waals surface area (Å²) in [7, 11) is 0. The number of nitrogens with two attached hydrogens (primary N) is 1. The first-order valence-electron chi connectivity index (χ1n) is 6.42. The number of benzene rings is 2. The number of aromatic amines is 1. The lowest BCUT2D eigenvalue weighted by Crippen LogP contribution is -2.16. The number of H-pyrrole nitrogens is 1. The molecule has 0 aliphatic carbocycles. The third-order valence-corrected chi connectivity index (χ3v) is 3.03. The minimum atomic E-state index is -4.72. The van der Waals surface area contributed by atoms with Crippen LogP contribution in [-0.4, -0.2) is 27.0 Å². The predicted octanol–water partition coefficient (Wildman–Crippen LogP) is 3.01. The molecular formula is C14H10F3N5O. The molecule has 3 aromatic rings. The number of hydrogen-bond acceptors (Lipinski definition) is 5. The number of aromatic nitrogens is 4. The van der Waals surface area contributed by atoms with E-state index in [4.69, 9.17) is 5.73 Å². The Kier molecular flexibility index (Phi) is 3.61. The highest BCUT2D eigenvalue weighted by atomic mass is 19.4. The highest BCUT2D eigenvalue weighted by Gasteiger charge is 2.31. The average molecular weight is 321 g/mol. The Balaban J connectivity index is 1.99. The molecule has 3 rings (SSSR count). The Hall–Kier alpha value is -3.10. The molecule has 0 bridgehead atoms. The summed E-state index contributed by atoms with van der Waals surface area (Å²) in [6.07, 6.45) is -4.72. The molecule has 6 nitrogen and oxygen atoms in total. The Labute approximate surface area is 128 Å². The van der Waals surface area contributed by atoms with Gasteiger partial charge in [-0.05, 0) is 40.6 Å². The molecule has 23 heavy (non-hydrogen) atoms. The molecule has 0 spiro atoms. The summed E-state index contributed by atoms with van der Waals surface area (Å²) in [4.78, 5) is 0. The van der Waals surface area contributed by atoms with Gasteiger partial charge in [0, 0.05) is 11.3 Å². The minimum Gasteiger partial charge on any atom is -0.406 e. The highest BCUT2D eigenvalue weighted by Crippen LogP contribution is 2.33. The second-order valence-corrected chi connectivity index (χ2v) is 4.61. The van der Waals surface area contributed by atoms with Crippen LogP contribution in [0.4, 0.5) is 18.9 Å². The molecule has 0 unspecified atom stereocenters. The lowest BCUT2D eigenvalue weighted by atomic mass is 9.98. The molecule has 9 heteroatoms. The van der Waals surface area contributed by atoms with E-state index in [9.17, 15) is 13.2 Å². The predicted molar refractivity (Wildman–Crippen MR) is 76.1 cm³/mol. The van der Waals surface area contributed by atoms with E-state index in [2.05, 4.69) is 25.4 Å². The van der Waals surface area contributed by atoms with Gasteiger partial charge in [0.05, 0.1) is 0 Å². The van der Waals surface area contributed by atoms with E-state index in [0.717, 1.165) is 0 Å². The maximum atomic E-state index is 12.2. The van der Waals surface area contributed by atoms with Gasteiger partial charge in [0.2, 0.25) is 5.82 Å². The van der Waals surface area contributed by atoms with Crippen LogP contribution in [0.15, 0.2) is 42.5 Å². The van der Waals surface area contributed by atoms with Crippen molar-refractivity contribution in [2.24, 2.45) is 0 Å². The number of halogens is 3. The van der Waals surface area contributed by atoms with E-state index in [1.165, 1.54) is 24.3 Å².